The first-order valence-electron chi connectivity index (χ1n) is 3.95. The Morgan fingerprint density at radius 2 is 1.83 bits per heavy atom. The maximum Gasteiger partial charge on any atom is 0.361 e. The molecule has 1 amide bonds. The summed E-state index contributed by atoms with van der Waals surface area (Å²) in [5.74, 6) is 0. The summed E-state index contributed by atoms with van der Waals surface area (Å²) in [5, 5.41) is 7.49. The lowest BCUT2D eigenvalue weighted by Crippen LogP contribution is -2.35. The van der Waals surface area contributed by atoms with Crippen molar-refractivity contribution in [3.05, 3.63) is 12.4 Å². The van der Waals surface area contributed by atoms with Gasteiger partial charge in [0.25, 0.3) is 0 Å². The molecule has 0 radical (unpaired) electrons. The van der Waals surface area contributed by atoms with Gasteiger partial charge in [0.05, 0.1) is 12.4 Å². The molecule has 0 unspecified atom stereocenters. The predicted octanol–water partition coefficient (Wildman–Crippen LogP) is 0.588. The fourth-order valence-corrected chi connectivity index (χ4v) is 0.935. The highest BCUT2D eigenvalue weighted by molar-refractivity contribution is 5.74. The summed E-state index contributed by atoms with van der Waals surface area (Å²) < 4.78 is 0. The van der Waals surface area contributed by atoms with E-state index in [-0.39, 0.29) is 6.03 Å². The summed E-state index contributed by atoms with van der Waals surface area (Å²) in [7, 11) is 0. The fraction of sp³-hybridized carbons (Fsp3) is 0.571. The standard InChI is InChI=1S/C7H12N4O/c1-3-10(4-2)7(12)11-8-5-6-9-11/h5-6H,3-4H2,1-2H3. The monoisotopic (exact) mass is 168 g/mol. The SMILES string of the molecule is CCN(CC)C(=O)n1nccn1. The molecule has 66 valence electrons. The van der Waals surface area contributed by atoms with Crippen molar-refractivity contribution in [3.8, 4) is 0 Å². The Balaban J connectivity index is 2.70. The Kier molecular flexibility index (Phi) is 2.79. The third kappa shape index (κ3) is 1.61. The van der Waals surface area contributed by atoms with Gasteiger partial charge in [0.15, 0.2) is 0 Å². The molecule has 5 nitrogen and oxygen atoms in total. The van der Waals surface area contributed by atoms with Crippen molar-refractivity contribution in [2.45, 2.75) is 13.8 Å². The molecular formula is C7H12N4O. The number of amides is 1. The molecule has 0 bridgehead atoms. The van der Waals surface area contributed by atoms with Crippen molar-refractivity contribution in [1.29, 1.82) is 0 Å². The number of nitrogens with zero attached hydrogens (tertiary/aromatic N) is 4. The molecule has 1 rings (SSSR count). The minimum absolute atomic E-state index is 0.176. The van der Waals surface area contributed by atoms with Crippen molar-refractivity contribution in [2.75, 3.05) is 13.1 Å². The summed E-state index contributed by atoms with van der Waals surface area (Å²) in [6, 6.07) is -0.176. The second-order valence-corrected chi connectivity index (χ2v) is 2.27. The number of rotatable bonds is 2. The number of carbonyl (C=O) groups is 1. The van der Waals surface area contributed by atoms with Gasteiger partial charge in [0, 0.05) is 13.1 Å². The van der Waals surface area contributed by atoms with Crippen LogP contribution in [-0.4, -0.2) is 39.0 Å². The second-order valence-electron chi connectivity index (χ2n) is 2.27. The average molecular weight is 168 g/mol. The number of hydrogen-bond acceptors (Lipinski definition) is 3. The van der Waals surface area contributed by atoms with Gasteiger partial charge >= 0.3 is 6.03 Å². The van der Waals surface area contributed by atoms with E-state index >= 15 is 0 Å². The maximum atomic E-state index is 11.4. The lowest BCUT2D eigenvalue weighted by Gasteiger charge is -2.16. The Morgan fingerprint density at radius 1 is 1.33 bits per heavy atom. The molecule has 12 heavy (non-hydrogen) atoms. The van der Waals surface area contributed by atoms with Gasteiger partial charge in [-0.25, -0.2) is 4.79 Å². The summed E-state index contributed by atoms with van der Waals surface area (Å²) in [4.78, 5) is 14.2. The smallest absolute Gasteiger partial charge is 0.322 e. The first kappa shape index (κ1) is 8.70. The lowest BCUT2D eigenvalue weighted by atomic mass is 10.5. The second kappa shape index (κ2) is 3.85. The number of carbonyl (C=O) groups excluding carboxylic acids is 1. The Bertz CT molecular complexity index is 240. The van der Waals surface area contributed by atoms with Crippen LogP contribution >= 0.6 is 0 Å². The van der Waals surface area contributed by atoms with Gasteiger partial charge in [-0.1, -0.05) is 4.80 Å². The van der Waals surface area contributed by atoms with E-state index in [9.17, 15) is 4.79 Å². The largest absolute Gasteiger partial charge is 0.361 e. The van der Waals surface area contributed by atoms with Crippen LogP contribution in [0.4, 0.5) is 4.79 Å². The summed E-state index contributed by atoms with van der Waals surface area (Å²) in [6.07, 6.45) is 2.98. The van der Waals surface area contributed by atoms with E-state index in [2.05, 4.69) is 10.2 Å². The highest BCUT2D eigenvalue weighted by atomic mass is 16.2. The van der Waals surface area contributed by atoms with Crippen molar-refractivity contribution >= 4 is 6.03 Å². The van der Waals surface area contributed by atoms with Crippen LogP contribution in [0.2, 0.25) is 0 Å². The van der Waals surface area contributed by atoms with Crippen molar-refractivity contribution in [1.82, 2.24) is 19.9 Å². The van der Waals surface area contributed by atoms with E-state index in [1.807, 2.05) is 13.8 Å². The molecule has 0 saturated carbocycles. The highest BCUT2D eigenvalue weighted by Crippen LogP contribution is 1.91. The van der Waals surface area contributed by atoms with E-state index in [4.69, 9.17) is 0 Å². The van der Waals surface area contributed by atoms with Crippen LogP contribution in [0.25, 0.3) is 0 Å². The van der Waals surface area contributed by atoms with Crippen LogP contribution in [0.1, 0.15) is 13.8 Å². The zero-order valence-electron chi connectivity index (χ0n) is 7.27. The van der Waals surface area contributed by atoms with Gasteiger partial charge in [-0.15, -0.1) is 0 Å². The molecule has 0 saturated heterocycles. The topological polar surface area (TPSA) is 51.0 Å². The minimum atomic E-state index is -0.176. The van der Waals surface area contributed by atoms with Crippen LogP contribution in [0, 0.1) is 0 Å². The highest BCUT2D eigenvalue weighted by Gasteiger charge is 2.11. The molecule has 1 heterocycles. The number of aromatic nitrogens is 3. The Hall–Kier alpha value is -1.39. The van der Waals surface area contributed by atoms with Crippen molar-refractivity contribution in [2.24, 2.45) is 0 Å². The fourth-order valence-electron chi connectivity index (χ4n) is 0.935. The molecule has 0 aliphatic heterocycles. The van der Waals surface area contributed by atoms with E-state index < -0.39 is 0 Å². The molecule has 0 aromatic carbocycles. The van der Waals surface area contributed by atoms with Crippen LogP contribution in [0.3, 0.4) is 0 Å². The van der Waals surface area contributed by atoms with Gasteiger partial charge in [-0.3, -0.25) is 0 Å². The van der Waals surface area contributed by atoms with E-state index in [1.165, 1.54) is 12.4 Å². The molecule has 1 aromatic rings. The molecule has 0 aliphatic rings. The van der Waals surface area contributed by atoms with E-state index in [0.717, 1.165) is 4.80 Å². The molecule has 0 aliphatic carbocycles. The quantitative estimate of drug-likeness (QED) is 0.649. The third-order valence-electron chi connectivity index (χ3n) is 1.62. The maximum absolute atomic E-state index is 11.4. The molecule has 0 fully saturated rings. The summed E-state index contributed by atoms with van der Waals surface area (Å²) >= 11 is 0. The molecule has 0 spiro atoms. The lowest BCUT2D eigenvalue weighted by molar-refractivity contribution is 0.197. The molecule has 0 atom stereocenters. The number of hydrogen-bond donors (Lipinski definition) is 0. The average Bonchev–Trinajstić information content (AvgIpc) is 2.58. The van der Waals surface area contributed by atoms with E-state index in [0.29, 0.717) is 13.1 Å². The van der Waals surface area contributed by atoms with Crippen LogP contribution in [0.15, 0.2) is 12.4 Å². The van der Waals surface area contributed by atoms with Gasteiger partial charge in [0.1, 0.15) is 0 Å². The van der Waals surface area contributed by atoms with Crippen LogP contribution < -0.4 is 0 Å². The Labute approximate surface area is 71.0 Å². The first-order valence-corrected chi connectivity index (χ1v) is 3.95. The zero-order chi connectivity index (χ0) is 8.97. The summed E-state index contributed by atoms with van der Waals surface area (Å²) in [6.45, 7) is 5.20. The third-order valence-corrected chi connectivity index (χ3v) is 1.62. The normalized spacial score (nSPS) is 9.83. The van der Waals surface area contributed by atoms with Crippen molar-refractivity contribution in [3.63, 3.8) is 0 Å². The van der Waals surface area contributed by atoms with Gasteiger partial charge in [-0.2, -0.15) is 10.2 Å². The first-order chi connectivity index (χ1) is 5.79. The van der Waals surface area contributed by atoms with Gasteiger partial charge < -0.3 is 4.90 Å². The minimum Gasteiger partial charge on any atom is -0.322 e. The predicted molar refractivity (Wildman–Crippen MR) is 43.7 cm³/mol. The zero-order valence-corrected chi connectivity index (χ0v) is 7.27. The van der Waals surface area contributed by atoms with E-state index in [1.54, 1.807) is 4.90 Å². The molecule has 5 heteroatoms. The van der Waals surface area contributed by atoms with Gasteiger partial charge in [-0.05, 0) is 13.8 Å². The molecule has 0 N–H and O–H groups in total. The van der Waals surface area contributed by atoms with Crippen molar-refractivity contribution < 1.29 is 4.79 Å². The summed E-state index contributed by atoms with van der Waals surface area (Å²) in [5.41, 5.74) is 0. The molecule has 1 aromatic heterocycles. The van der Waals surface area contributed by atoms with Crippen LogP contribution in [0.5, 0.6) is 0 Å². The molecular weight excluding hydrogens is 156 g/mol. The van der Waals surface area contributed by atoms with Crippen LogP contribution in [-0.2, 0) is 0 Å². The van der Waals surface area contributed by atoms with Gasteiger partial charge in [0.2, 0.25) is 0 Å². The Morgan fingerprint density at radius 3 is 2.25 bits per heavy atom.